The van der Waals surface area contributed by atoms with Gasteiger partial charge in [0.15, 0.2) is 0 Å². The van der Waals surface area contributed by atoms with Gasteiger partial charge in [0.25, 0.3) is 5.91 Å². The molecule has 5 nitrogen and oxygen atoms in total. The molecule has 1 amide bonds. The minimum Gasteiger partial charge on any atom is -0.487 e. The van der Waals surface area contributed by atoms with Crippen molar-refractivity contribution in [2.45, 2.75) is 52.7 Å². The number of amides is 1. The SMILES string of the molecule is CC(C)(O)CNC(=O)c1ccc(C(c2ccc(OCc3ccccn3)cc2)C(C)(C)C)cc1. The Morgan fingerprint density at radius 1 is 0.939 bits per heavy atom. The lowest BCUT2D eigenvalue weighted by Gasteiger charge is -2.32. The van der Waals surface area contributed by atoms with Crippen molar-refractivity contribution in [3.05, 3.63) is 95.3 Å². The van der Waals surface area contributed by atoms with Crippen molar-refractivity contribution in [1.82, 2.24) is 10.3 Å². The van der Waals surface area contributed by atoms with Crippen molar-refractivity contribution in [2.24, 2.45) is 5.41 Å². The molecule has 0 aliphatic carbocycles. The van der Waals surface area contributed by atoms with Gasteiger partial charge < -0.3 is 15.2 Å². The van der Waals surface area contributed by atoms with Crippen molar-refractivity contribution in [1.29, 1.82) is 0 Å². The lowest BCUT2D eigenvalue weighted by molar-refractivity contribution is 0.0694. The topological polar surface area (TPSA) is 71.5 Å². The summed E-state index contributed by atoms with van der Waals surface area (Å²) in [6.45, 7) is 10.6. The average Bonchev–Trinajstić information content (AvgIpc) is 2.77. The van der Waals surface area contributed by atoms with Gasteiger partial charge in [0.2, 0.25) is 0 Å². The third-order valence-corrected chi connectivity index (χ3v) is 5.38. The van der Waals surface area contributed by atoms with Crippen LogP contribution < -0.4 is 10.1 Å². The highest BCUT2D eigenvalue weighted by Gasteiger charge is 2.28. The fourth-order valence-electron chi connectivity index (χ4n) is 3.82. The Morgan fingerprint density at radius 3 is 2.06 bits per heavy atom. The fraction of sp³-hybridized carbons (Fsp3) is 0.357. The molecule has 174 valence electrons. The molecule has 3 rings (SSSR count). The molecule has 0 radical (unpaired) electrons. The number of hydrogen-bond donors (Lipinski definition) is 2. The molecule has 2 aromatic carbocycles. The molecule has 1 heterocycles. The second-order valence-electron chi connectivity index (χ2n) is 10.1. The first-order valence-corrected chi connectivity index (χ1v) is 11.3. The number of nitrogens with one attached hydrogen (secondary N) is 1. The molecule has 5 heteroatoms. The second kappa shape index (κ2) is 10.2. The van der Waals surface area contributed by atoms with Crippen LogP contribution in [0.15, 0.2) is 72.9 Å². The molecule has 3 aromatic rings. The number of nitrogens with zero attached hydrogens (tertiary/aromatic N) is 1. The van der Waals surface area contributed by atoms with E-state index in [1.54, 1.807) is 20.0 Å². The maximum atomic E-state index is 12.4. The molecule has 1 atom stereocenters. The molecule has 2 N–H and O–H groups in total. The zero-order valence-electron chi connectivity index (χ0n) is 20.1. The molecule has 33 heavy (non-hydrogen) atoms. The van der Waals surface area contributed by atoms with E-state index in [0.717, 1.165) is 17.0 Å². The third kappa shape index (κ3) is 7.16. The number of carbonyl (C=O) groups is 1. The first-order valence-electron chi connectivity index (χ1n) is 11.3. The van der Waals surface area contributed by atoms with Crippen molar-refractivity contribution in [3.63, 3.8) is 0 Å². The summed E-state index contributed by atoms with van der Waals surface area (Å²) in [4.78, 5) is 16.7. The van der Waals surface area contributed by atoms with Gasteiger partial charge in [-0.1, -0.05) is 51.1 Å². The molecule has 0 bridgehead atoms. The molecule has 1 aromatic heterocycles. The summed E-state index contributed by atoms with van der Waals surface area (Å²) in [7, 11) is 0. The third-order valence-electron chi connectivity index (χ3n) is 5.38. The molecule has 0 aliphatic heterocycles. The van der Waals surface area contributed by atoms with Crippen LogP contribution in [0, 0.1) is 5.41 Å². The predicted octanol–water partition coefficient (Wildman–Crippen LogP) is 5.34. The lowest BCUT2D eigenvalue weighted by atomic mass is 9.72. The Morgan fingerprint density at radius 2 is 1.55 bits per heavy atom. The standard InChI is InChI=1S/C28H34N2O3/c1-27(2,3)25(20-9-11-22(12-10-20)26(31)30-19-28(4,5)32)21-13-15-24(16-14-21)33-18-23-8-6-7-17-29-23/h6-17,25,32H,18-19H2,1-5H3,(H,30,31). The highest BCUT2D eigenvalue weighted by Crippen LogP contribution is 2.41. The average molecular weight is 447 g/mol. The predicted molar refractivity (Wildman–Crippen MR) is 131 cm³/mol. The summed E-state index contributed by atoms with van der Waals surface area (Å²) in [5.41, 5.74) is 2.83. The largest absolute Gasteiger partial charge is 0.487 e. The summed E-state index contributed by atoms with van der Waals surface area (Å²) >= 11 is 0. The Hall–Kier alpha value is -3.18. The number of rotatable bonds is 8. The van der Waals surface area contributed by atoms with Crippen LogP contribution in [0.1, 0.15) is 67.7 Å². The van der Waals surface area contributed by atoms with Gasteiger partial charge >= 0.3 is 0 Å². The van der Waals surface area contributed by atoms with E-state index in [4.69, 9.17) is 4.74 Å². The summed E-state index contributed by atoms with van der Waals surface area (Å²) in [6, 6.07) is 21.7. The maximum absolute atomic E-state index is 12.4. The Bertz CT molecular complexity index is 1030. The monoisotopic (exact) mass is 446 g/mol. The van der Waals surface area contributed by atoms with E-state index < -0.39 is 5.60 Å². The van der Waals surface area contributed by atoms with Gasteiger partial charge in [-0.05, 0) is 66.8 Å². The maximum Gasteiger partial charge on any atom is 0.251 e. The molecule has 0 saturated heterocycles. The Kier molecular flexibility index (Phi) is 7.54. The summed E-state index contributed by atoms with van der Waals surface area (Å²) in [5.74, 6) is 0.761. The smallest absolute Gasteiger partial charge is 0.251 e. The second-order valence-corrected chi connectivity index (χ2v) is 10.1. The number of pyridine rings is 1. The van der Waals surface area contributed by atoms with Gasteiger partial charge in [0.05, 0.1) is 11.3 Å². The van der Waals surface area contributed by atoms with Crippen molar-refractivity contribution < 1.29 is 14.6 Å². The number of hydrogen-bond acceptors (Lipinski definition) is 4. The number of aromatic nitrogens is 1. The van der Waals surface area contributed by atoms with E-state index >= 15 is 0 Å². The van der Waals surface area contributed by atoms with Gasteiger partial charge in [0, 0.05) is 24.2 Å². The van der Waals surface area contributed by atoms with Crippen molar-refractivity contribution >= 4 is 5.91 Å². The number of ether oxygens (including phenoxy) is 1. The Balaban J connectivity index is 1.74. The molecule has 0 saturated carbocycles. The van der Waals surface area contributed by atoms with Crippen LogP contribution in [0.2, 0.25) is 0 Å². The van der Waals surface area contributed by atoms with Gasteiger partial charge in [-0.15, -0.1) is 0 Å². The van der Waals surface area contributed by atoms with Gasteiger partial charge in [-0.3, -0.25) is 9.78 Å². The first-order chi connectivity index (χ1) is 15.5. The van der Waals surface area contributed by atoms with Crippen LogP contribution >= 0.6 is 0 Å². The van der Waals surface area contributed by atoms with E-state index in [-0.39, 0.29) is 23.8 Å². The quantitative estimate of drug-likeness (QED) is 0.490. The number of carbonyl (C=O) groups excluding carboxylic acids is 1. The van der Waals surface area contributed by atoms with Crippen LogP contribution in [0.5, 0.6) is 5.75 Å². The summed E-state index contributed by atoms with van der Waals surface area (Å²) in [5, 5.41) is 12.6. The normalized spacial score (nSPS) is 12.8. The van der Waals surface area contributed by atoms with Crippen LogP contribution in [0.25, 0.3) is 0 Å². The van der Waals surface area contributed by atoms with E-state index in [1.807, 2.05) is 54.6 Å². The fourth-order valence-corrected chi connectivity index (χ4v) is 3.82. The van der Waals surface area contributed by atoms with Crippen LogP contribution in [-0.2, 0) is 6.61 Å². The van der Waals surface area contributed by atoms with E-state index in [1.165, 1.54) is 5.56 Å². The molecule has 0 aliphatic rings. The number of aliphatic hydroxyl groups is 1. The summed E-state index contributed by atoms with van der Waals surface area (Å²) in [6.07, 6.45) is 1.76. The molecule has 0 fully saturated rings. The minimum atomic E-state index is -0.944. The van der Waals surface area contributed by atoms with Crippen molar-refractivity contribution in [2.75, 3.05) is 6.54 Å². The van der Waals surface area contributed by atoms with Crippen LogP contribution in [-0.4, -0.2) is 28.1 Å². The van der Waals surface area contributed by atoms with Gasteiger partial charge in [-0.25, -0.2) is 0 Å². The van der Waals surface area contributed by atoms with Crippen LogP contribution in [0.3, 0.4) is 0 Å². The number of benzene rings is 2. The van der Waals surface area contributed by atoms with E-state index in [2.05, 4.69) is 43.2 Å². The lowest BCUT2D eigenvalue weighted by Crippen LogP contribution is -2.38. The van der Waals surface area contributed by atoms with Gasteiger partial charge in [-0.2, -0.15) is 0 Å². The van der Waals surface area contributed by atoms with Crippen LogP contribution in [0.4, 0.5) is 0 Å². The summed E-state index contributed by atoms with van der Waals surface area (Å²) < 4.78 is 5.88. The minimum absolute atomic E-state index is 0.0268. The zero-order valence-corrected chi connectivity index (χ0v) is 20.1. The molecule has 0 spiro atoms. The zero-order chi connectivity index (χ0) is 24.1. The molecular weight excluding hydrogens is 412 g/mol. The highest BCUT2D eigenvalue weighted by molar-refractivity contribution is 5.94. The molecule has 1 unspecified atom stereocenters. The van der Waals surface area contributed by atoms with Crippen molar-refractivity contribution in [3.8, 4) is 5.75 Å². The van der Waals surface area contributed by atoms with E-state index in [9.17, 15) is 9.90 Å². The first kappa shape index (κ1) is 24.5. The molecular formula is C28H34N2O3. The van der Waals surface area contributed by atoms with E-state index in [0.29, 0.717) is 12.2 Å². The highest BCUT2D eigenvalue weighted by atomic mass is 16.5. The Labute approximate surface area is 196 Å². The van der Waals surface area contributed by atoms with Gasteiger partial charge in [0.1, 0.15) is 12.4 Å².